The molecule has 0 aromatic heterocycles. The first-order valence-corrected chi connectivity index (χ1v) is 32.1. The molecule has 86 heavy (non-hydrogen) atoms. The highest BCUT2D eigenvalue weighted by Crippen LogP contribution is 2.41. The van der Waals surface area contributed by atoms with Crippen molar-refractivity contribution in [1.82, 2.24) is 36.4 Å². The maximum atomic E-state index is 15.1. The molecule has 16 heteroatoms. The van der Waals surface area contributed by atoms with E-state index >= 15 is 4.79 Å². The van der Waals surface area contributed by atoms with E-state index in [0.29, 0.717) is 94.6 Å². The third-order valence-corrected chi connectivity index (χ3v) is 19.3. The SMILES string of the molecule is CC[C@H](NC)C(=O)C[C@@H]1C(=O)N2[C@@H](CC[C@@H]1CO)CC[C@H]2C(=O)NC(C(=O)CCCCCCCCC(=O)NC[C@H]1CC[C@H]2CC[C@@H](C(=O)CC(c3ccccc3)c3ccccc3)N2C(=O)[C@H]1NC(=O)[C@H](CC)NC)(c1ccccc1)c1ccccc1. The molecular formula is C70H93N7O9. The number of aliphatic hydroxyl groups excluding tert-OH is 1. The minimum Gasteiger partial charge on any atom is -0.396 e. The summed E-state index contributed by atoms with van der Waals surface area (Å²) >= 11 is 0. The van der Waals surface area contributed by atoms with E-state index in [4.69, 9.17) is 0 Å². The Morgan fingerprint density at radius 3 is 1.60 bits per heavy atom. The van der Waals surface area contributed by atoms with Crippen LogP contribution >= 0.6 is 0 Å². The molecule has 4 aliphatic rings. The van der Waals surface area contributed by atoms with E-state index in [2.05, 4.69) is 26.6 Å². The fraction of sp³-hybridized carbons (Fsp3) is 0.543. The largest absolute Gasteiger partial charge is 0.396 e. The second-order valence-electron chi connectivity index (χ2n) is 24.5. The van der Waals surface area contributed by atoms with Crippen LogP contribution in [0.2, 0.25) is 0 Å². The van der Waals surface area contributed by atoms with Crippen molar-refractivity contribution in [3.05, 3.63) is 144 Å². The van der Waals surface area contributed by atoms with Gasteiger partial charge in [0.2, 0.25) is 29.5 Å². The van der Waals surface area contributed by atoms with Crippen LogP contribution in [0.15, 0.2) is 121 Å². The average Bonchev–Trinajstić information content (AvgIpc) is 2.05. The van der Waals surface area contributed by atoms with Crippen molar-refractivity contribution in [3.63, 3.8) is 0 Å². The molecule has 4 fully saturated rings. The van der Waals surface area contributed by atoms with Crippen LogP contribution < -0.4 is 26.6 Å². The summed E-state index contributed by atoms with van der Waals surface area (Å²) in [6, 6.07) is 34.8. The summed E-state index contributed by atoms with van der Waals surface area (Å²) in [5.74, 6) is -3.42. The Hall–Kier alpha value is -6.88. The number of ketones is 3. The first kappa shape index (κ1) is 65.1. The first-order chi connectivity index (χ1) is 41.8. The second kappa shape index (κ2) is 31.7. The Kier molecular flexibility index (Phi) is 24.0. The molecule has 0 saturated carbocycles. The predicted molar refractivity (Wildman–Crippen MR) is 332 cm³/mol. The van der Waals surface area contributed by atoms with Crippen LogP contribution in [-0.2, 0) is 43.9 Å². The number of aliphatic hydroxyl groups is 1. The number of benzene rings is 4. The zero-order chi connectivity index (χ0) is 61.2. The highest BCUT2D eigenvalue weighted by atomic mass is 16.3. The average molecular weight is 1180 g/mol. The standard InChI is InChI=1S/C70H93N7O9/c1-5-57(71-3)61(79)44-56-50(46-78)36-38-54-40-42-60(77(54)68(56)85)67(84)75-70(51-29-19-13-20-30-51,52-31-21-14-22-32-52)63(81)33-23-9-7-8-10-24-34-64(82)73-45-49-35-37-53-39-41-59(76(53)69(86)65(49)74-66(83)58(6-2)72-4)62(80)43-55(47-25-15-11-16-26-47)48-27-17-12-18-28-48/h11-22,25-32,49-50,53-60,65,71-72,78H,5-10,23-24,33-46H2,1-4H3,(H,73,82)(H,74,83)(H,75,84)/t49-,50-,53+,54+,56+,57+,58+,59+,60+,65+/m1/s1. The molecule has 4 heterocycles. The minimum atomic E-state index is -1.56. The van der Waals surface area contributed by atoms with Crippen LogP contribution in [0.3, 0.4) is 0 Å². The Labute approximate surface area is 509 Å². The molecule has 4 aromatic rings. The number of carbonyl (C=O) groups is 8. The van der Waals surface area contributed by atoms with Crippen molar-refractivity contribution in [2.45, 2.75) is 196 Å². The van der Waals surface area contributed by atoms with Crippen molar-refractivity contribution in [3.8, 4) is 0 Å². The zero-order valence-corrected chi connectivity index (χ0v) is 51.1. The van der Waals surface area contributed by atoms with E-state index in [9.17, 15) is 38.7 Å². The molecule has 0 spiro atoms. The van der Waals surface area contributed by atoms with Crippen molar-refractivity contribution in [1.29, 1.82) is 0 Å². The van der Waals surface area contributed by atoms with Gasteiger partial charge in [-0.25, -0.2) is 0 Å². The summed E-state index contributed by atoms with van der Waals surface area (Å²) in [7, 11) is 3.44. The van der Waals surface area contributed by atoms with Crippen LogP contribution in [0.5, 0.6) is 0 Å². The molecule has 4 aromatic carbocycles. The number of nitrogens with zero attached hydrogens (tertiary/aromatic N) is 2. The van der Waals surface area contributed by atoms with Gasteiger partial charge in [-0.05, 0) is 119 Å². The highest BCUT2D eigenvalue weighted by Gasteiger charge is 2.52. The van der Waals surface area contributed by atoms with Gasteiger partial charge in [-0.15, -0.1) is 0 Å². The minimum absolute atomic E-state index is 0.00109. The molecule has 16 nitrogen and oxygen atoms in total. The molecule has 0 aliphatic carbocycles. The molecule has 6 N–H and O–H groups in total. The van der Waals surface area contributed by atoms with Gasteiger partial charge in [0, 0.05) is 62.8 Å². The number of likely N-dealkylation sites (N-methyl/N-ethyl adjacent to an activating group) is 2. The summed E-state index contributed by atoms with van der Waals surface area (Å²) in [5.41, 5.74) is 1.73. The van der Waals surface area contributed by atoms with Crippen molar-refractivity contribution >= 4 is 46.9 Å². The Bertz CT molecular complexity index is 2810. The Balaban J connectivity index is 0.858. The first-order valence-electron chi connectivity index (χ1n) is 32.1. The van der Waals surface area contributed by atoms with Gasteiger partial charge in [-0.3, -0.25) is 38.4 Å². The van der Waals surface area contributed by atoms with E-state index in [1.165, 1.54) is 0 Å². The number of hydrogen-bond acceptors (Lipinski definition) is 11. The van der Waals surface area contributed by atoms with Gasteiger partial charge in [0.05, 0.1) is 24.0 Å². The van der Waals surface area contributed by atoms with E-state index in [0.717, 1.165) is 36.8 Å². The molecule has 0 bridgehead atoms. The Morgan fingerprint density at radius 2 is 1.07 bits per heavy atom. The number of hydrogen-bond donors (Lipinski definition) is 6. The molecule has 0 unspecified atom stereocenters. The molecule has 5 amide bonds. The van der Waals surface area contributed by atoms with Crippen molar-refractivity contribution in [2.75, 3.05) is 27.2 Å². The summed E-state index contributed by atoms with van der Waals surface area (Å²) < 4.78 is 0. The van der Waals surface area contributed by atoms with Crippen molar-refractivity contribution in [2.24, 2.45) is 17.8 Å². The van der Waals surface area contributed by atoms with Gasteiger partial charge in [-0.2, -0.15) is 0 Å². The molecule has 0 radical (unpaired) electrons. The van der Waals surface area contributed by atoms with Gasteiger partial charge < -0.3 is 41.5 Å². The molecule has 462 valence electrons. The van der Waals surface area contributed by atoms with Crippen LogP contribution in [0.25, 0.3) is 0 Å². The van der Waals surface area contributed by atoms with E-state index in [1.54, 1.807) is 23.9 Å². The summed E-state index contributed by atoms with van der Waals surface area (Å²) in [6.45, 7) is 3.79. The summed E-state index contributed by atoms with van der Waals surface area (Å²) in [5, 5.41) is 26.0. The van der Waals surface area contributed by atoms with E-state index in [-0.39, 0.29) is 97.3 Å². The van der Waals surface area contributed by atoms with E-state index < -0.39 is 53.5 Å². The van der Waals surface area contributed by atoms with Crippen LogP contribution in [0.1, 0.15) is 170 Å². The number of fused-ring (bicyclic) bond motifs is 2. The van der Waals surface area contributed by atoms with Crippen molar-refractivity contribution < 1.29 is 43.5 Å². The summed E-state index contributed by atoms with van der Waals surface area (Å²) in [6.07, 6.45) is 10.8. The summed E-state index contributed by atoms with van der Waals surface area (Å²) in [4.78, 5) is 118. The monoisotopic (exact) mass is 1180 g/mol. The molecule has 8 rings (SSSR count). The lowest BCUT2D eigenvalue weighted by Gasteiger charge is -2.38. The quantitative estimate of drug-likeness (QED) is 0.0263. The number of Topliss-reactive ketones (excluding diaryl/α,β-unsaturated/α-hetero) is 3. The van der Waals surface area contributed by atoms with Crippen LogP contribution in [0, 0.1) is 17.8 Å². The Morgan fingerprint density at radius 1 is 0.581 bits per heavy atom. The third-order valence-electron chi connectivity index (χ3n) is 19.3. The fourth-order valence-electron chi connectivity index (χ4n) is 14.4. The molecule has 4 saturated heterocycles. The lowest BCUT2D eigenvalue weighted by atomic mass is 9.77. The number of rotatable bonds is 31. The van der Waals surface area contributed by atoms with Gasteiger partial charge in [0.15, 0.2) is 17.3 Å². The molecule has 10 atom stereocenters. The normalized spacial score (nSPS) is 22.9. The molecular weight excluding hydrogens is 1080 g/mol. The lowest BCUT2D eigenvalue weighted by Crippen LogP contribution is -2.58. The molecule has 4 aliphatic heterocycles. The topological polar surface area (TPSA) is 223 Å². The van der Waals surface area contributed by atoms with E-state index in [1.807, 2.05) is 135 Å². The second-order valence-corrected chi connectivity index (χ2v) is 24.5. The fourth-order valence-corrected chi connectivity index (χ4v) is 14.4. The van der Waals surface area contributed by atoms with Crippen LogP contribution in [-0.4, -0.2) is 131 Å². The smallest absolute Gasteiger partial charge is 0.246 e. The number of unbranched alkanes of at least 4 members (excludes halogenated alkanes) is 5. The lowest BCUT2D eigenvalue weighted by molar-refractivity contribution is -0.146. The third kappa shape index (κ3) is 15.4. The van der Waals surface area contributed by atoms with Gasteiger partial charge >= 0.3 is 0 Å². The predicted octanol–water partition coefficient (Wildman–Crippen LogP) is 8.23. The van der Waals surface area contributed by atoms with Crippen LogP contribution in [0.4, 0.5) is 0 Å². The zero-order valence-electron chi connectivity index (χ0n) is 51.1. The number of nitrogens with one attached hydrogen (secondary N) is 5. The highest BCUT2D eigenvalue weighted by molar-refractivity contribution is 6.00. The van der Waals surface area contributed by atoms with Gasteiger partial charge in [0.25, 0.3) is 0 Å². The maximum Gasteiger partial charge on any atom is 0.246 e. The number of amides is 5. The van der Waals surface area contributed by atoms with Gasteiger partial charge in [0.1, 0.15) is 17.6 Å². The maximum absolute atomic E-state index is 15.1. The number of carbonyl (C=O) groups excluding carboxylic acids is 8. The van der Waals surface area contributed by atoms with Gasteiger partial charge in [-0.1, -0.05) is 161 Å².